The van der Waals surface area contributed by atoms with Crippen molar-refractivity contribution in [1.29, 1.82) is 0 Å². The van der Waals surface area contributed by atoms with Crippen molar-refractivity contribution in [3.05, 3.63) is 28.2 Å². The van der Waals surface area contributed by atoms with Crippen molar-refractivity contribution in [2.24, 2.45) is 0 Å². The van der Waals surface area contributed by atoms with Crippen LogP contribution in [0.1, 0.15) is 19.4 Å². The number of nitrogens with zero attached hydrogens (tertiary/aromatic N) is 1. The first kappa shape index (κ1) is 14.5. The lowest BCUT2D eigenvalue weighted by Gasteiger charge is -2.20. The lowest BCUT2D eigenvalue weighted by Crippen LogP contribution is -2.27. The molecule has 3 nitrogen and oxygen atoms in total. The van der Waals surface area contributed by atoms with Crippen LogP contribution in [0.15, 0.2) is 22.7 Å². The van der Waals surface area contributed by atoms with Crippen LogP contribution in [-0.4, -0.2) is 31.2 Å². The van der Waals surface area contributed by atoms with E-state index < -0.39 is 0 Å². The molecule has 0 aliphatic rings. The van der Waals surface area contributed by atoms with Crippen LogP contribution in [-0.2, 0) is 11.3 Å². The van der Waals surface area contributed by atoms with Crippen molar-refractivity contribution in [2.75, 3.05) is 32.0 Å². The molecule has 17 heavy (non-hydrogen) atoms. The smallest absolute Gasteiger partial charge is 0.0593 e. The van der Waals surface area contributed by atoms with E-state index in [1.165, 1.54) is 5.56 Å². The van der Waals surface area contributed by atoms with Crippen LogP contribution in [0, 0.1) is 0 Å². The standard InChI is InChI=1S/C13H21BrN2O/c1-3-16(7-8-17-4-2)10-11-5-6-12(14)13(15)9-11/h5-6,9H,3-4,7-8,10,15H2,1-2H3. The molecular weight excluding hydrogens is 280 g/mol. The molecule has 0 aliphatic carbocycles. The Kier molecular flexibility index (Phi) is 6.55. The minimum atomic E-state index is 0.781. The second-order valence-electron chi connectivity index (χ2n) is 3.92. The van der Waals surface area contributed by atoms with E-state index in [0.29, 0.717) is 0 Å². The fourth-order valence-corrected chi connectivity index (χ4v) is 1.88. The summed E-state index contributed by atoms with van der Waals surface area (Å²) in [4.78, 5) is 2.35. The molecule has 96 valence electrons. The molecule has 0 saturated heterocycles. The summed E-state index contributed by atoms with van der Waals surface area (Å²) >= 11 is 3.41. The minimum Gasteiger partial charge on any atom is -0.398 e. The molecule has 0 radical (unpaired) electrons. The minimum absolute atomic E-state index is 0.781. The summed E-state index contributed by atoms with van der Waals surface area (Å²) in [6.07, 6.45) is 0. The van der Waals surface area contributed by atoms with Gasteiger partial charge in [-0.2, -0.15) is 0 Å². The zero-order valence-electron chi connectivity index (χ0n) is 10.6. The molecule has 0 aliphatic heterocycles. The molecule has 1 aromatic carbocycles. The van der Waals surface area contributed by atoms with Crippen molar-refractivity contribution in [3.8, 4) is 0 Å². The molecule has 0 unspecified atom stereocenters. The fraction of sp³-hybridized carbons (Fsp3) is 0.538. The van der Waals surface area contributed by atoms with Crippen LogP contribution in [0.3, 0.4) is 0 Å². The molecule has 0 spiro atoms. The highest BCUT2D eigenvalue weighted by Crippen LogP contribution is 2.20. The van der Waals surface area contributed by atoms with Crippen LogP contribution >= 0.6 is 15.9 Å². The largest absolute Gasteiger partial charge is 0.398 e. The molecule has 0 bridgehead atoms. The Morgan fingerprint density at radius 2 is 2.12 bits per heavy atom. The van der Waals surface area contributed by atoms with Crippen LogP contribution in [0.2, 0.25) is 0 Å². The molecule has 2 N–H and O–H groups in total. The van der Waals surface area contributed by atoms with E-state index in [-0.39, 0.29) is 0 Å². The van der Waals surface area contributed by atoms with Gasteiger partial charge in [0, 0.05) is 29.9 Å². The number of rotatable bonds is 7. The third-order valence-corrected chi connectivity index (χ3v) is 3.39. The fourth-order valence-electron chi connectivity index (χ4n) is 1.64. The number of benzene rings is 1. The van der Waals surface area contributed by atoms with Gasteiger partial charge in [-0.3, -0.25) is 4.90 Å². The maximum Gasteiger partial charge on any atom is 0.0593 e. The second kappa shape index (κ2) is 7.69. The Bertz CT molecular complexity index is 344. The van der Waals surface area contributed by atoms with E-state index in [9.17, 15) is 0 Å². The normalized spacial score (nSPS) is 11.1. The van der Waals surface area contributed by atoms with E-state index in [2.05, 4.69) is 33.8 Å². The lowest BCUT2D eigenvalue weighted by molar-refractivity contribution is 0.113. The van der Waals surface area contributed by atoms with Crippen LogP contribution in [0.4, 0.5) is 5.69 Å². The van der Waals surface area contributed by atoms with Gasteiger partial charge in [0.1, 0.15) is 0 Å². The summed E-state index contributed by atoms with van der Waals surface area (Å²) in [5.41, 5.74) is 7.90. The Labute approximate surface area is 112 Å². The number of likely N-dealkylation sites (N-methyl/N-ethyl adjacent to an activating group) is 1. The Morgan fingerprint density at radius 3 is 2.71 bits per heavy atom. The Balaban J connectivity index is 2.51. The van der Waals surface area contributed by atoms with Crippen molar-refractivity contribution in [3.63, 3.8) is 0 Å². The number of anilines is 1. The number of hydrogen-bond donors (Lipinski definition) is 1. The van der Waals surface area contributed by atoms with Gasteiger partial charge in [0.15, 0.2) is 0 Å². The first-order valence-corrected chi connectivity index (χ1v) is 6.80. The average molecular weight is 301 g/mol. The monoisotopic (exact) mass is 300 g/mol. The van der Waals surface area contributed by atoms with Crippen molar-refractivity contribution >= 4 is 21.6 Å². The molecule has 0 heterocycles. The predicted octanol–water partition coefficient (Wildman–Crippen LogP) is 2.89. The first-order chi connectivity index (χ1) is 8.17. The lowest BCUT2D eigenvalue weighted by atomic mass is 10.2. The van der Waals surface area contributed by atoms with E-state index in [1.807, 2.05) is 19.1 Å². The number of halogens is 1. The van der Waals surface area contributed by atoms with E-state index >= 15 is 0 Å². The van der Waals surface area contributed by atoms with Gasteiger partial charge in [-0.1, -0.05) is 13.0 Å². The third-order valence-electron chi connectivity index (χ3n) is 2.67. The summed E-state index contributed by atoms with van der Waals surface area (Å²) in [6.45, 7) is 8.64. The Morgan fingerprint density at radius 1 is 1.35 bits per heavy atom. The van der Waals surface area contributed by atoms with Crippen LogP contribution < -0.4 is 5.73 Å². The summed E-state index contributed by atoms with van der Waals surface area (Å²) in [6, 6.07) is 6.12. The molecule has 4 heteroatoms. The van der Waals surface area contributed by atoms with Crippen molar-refractivity contribution in [2.45, 2.75) is 20.4 Å². The van der Waals surface area contributed by atoms with Gasteiger partial charge in [0.25, 0.3) is 0 Å². The highest BCUT2D eigenvalue weighted by molar-refractivity contribution is 9.10. The quantitative estimate of drug-likeness (QED) is 0.621. The van der Waals surface area contributed by atoms with Gasteiger partial charge >= 0.3 is 0 Å². The molecule has 0 atom stereocenters. The predicted molar refractivity (Wildman–Crippen MR) is 76.0 cm³/mol. The molecule has 1 aromatic rings. The molecule has 0 amide bonds. The van der Waals surface area contributed by atoms with E-state index in [0.717, 1.165) is 43.0 Å². The summed E-state index contributed by atoms with van der Waals surface area (Å²) in [5.74, 6) is 0. The summed E-state index contributed by atoms with van der Waals surface area (Å²) in [5, 5.41) is 0. The van der Waals surface area contributed by atoms with Crippen molar-refractivity contribution < 1.29 is 4.74 Å². The van der Waals surface area contributed by atoms with E-state index in [1.54, 1.807) is 0 Å². The topological polar surface area (TPSA) is 38.5 Å². The molecule has 0 fully saturated rings. The Hall–Kier alpha value is -0.580. The SMILES string of the molecule is CCOCCN(CC)Cc1ccc(Br)c(N)c1. The van der Waals surface area contributed by atoms with Gasteiger partial charge in [0.05, 0.1) is 6.61 Å². The molecular formula is C13H21BrN2O. The summed E-state index contributed by atoms with van der Waals surface area (Å²) < 4.78 is 6.33. The summed E-state index contributed by atoms with van der Waals surface area (Å²) in [7, 11) is 0. The highest BCUT2D eigenvalue weighted by Gasteiger charge is 2.05. The third kappa shape index (κ3) is 5.06. The maximum atomic E-state index is 5.87. The molecule has 1 rings (SSSR count). The zero-order valence-corrected chi connectivity index (χ0v) is 12.2. The van der Waals surface area contributed by atoms with Crippen LogP contribution in [0.5, 0.6) is 0 Å². The molecule has 0 aromatic heterocycles. The second-order valence-corrected chi connectivity index (χ2v) is 4.78. The number of nitrogens with two attached hydrogens (primary N) is 1. The first-order valence-electron chi connectivity index (χ1n) is 6.01. The van der Waals surface area contributed by atoms with Crippen LogP contribution in [0.25, 0.3) is 0 Å². The van der Waals surface area contributed by atoms with E-state index in [4.69, 9.17) is 10.5 Å². The van der Waals surface area contributed by atoms with Gasteiger partial charge in [-0.25, -0.2) is 0 Å². The number of ether oxygens (including phenoxy) is 1. The zero-order chi connectivity index (χ0) is 12.7. The van der Waals surface area contributed by atoms with Gasteiger partial charge in [-0.05, 0) is 47.1 Å². The highest BCUT2D eigenvalue weighted by atomic mass is 79.9. The maximum absolute atomic E-state index is 5.87. The number of hydrogen-bond acceptors (Lipinski definition) is 3. The average Bonchev–Trinajstić information content (AvgIpc) is 2.32. The van der Waals surface area contributed by atoms with Gasteiger partial charge in [0.2, 0.25) is 0 Å². The molecule has 0 saturated carbocycles. The van der Waals surface area contributed by atoms with Gasteiger partial charge < -0.3 is 10.5 Å². The number of nitrogen functional groups attached to an aromatic ring is 1. The van der Waals surface area contributed by atoms with Crippen molar-refractivity contribution in [1.82, 2.24) is 4.90 Å². The van der Waals surface area contributed by atoms with Gasteiger partial charge in [-0.15, -0.1) is 0 Å².